The molecule has 27 heavy (non-hydrogen) atoms. The Morgan fingerprint density at radius 2 is 1.70 bits per heavy atom. The quantitative estimate of drug-likeness (QED) is 0.711. The fourth-order valence-electron chi connectivity index (χ4n) is 2.66. The van der Waals surface area contributed by atoms with Gasteiger partial charge in [0.2, 0.25) is 5.91 Å². The first-order valence-electron chi connectivity index (χ1n) is 8.99. The van der Waals surface area contributed by atoms with Crippen LogP contribution in [0.2, 0.25) is 0 Å². The number of nitrogens with one attached hydrogen (secondary N) is 2. The standard InChI is InChI=1S/C21H27N3O3/c1-4-27-18-12-10-17(11-13-18)21(26)22-14-20(25)23-19(15-24(2)3)16-8-6-5-7-9-16/h5-13,19H,4,14-15H2,1-3H3,(H,22,26)(H,23,25)/t19-/m0/s1. The molecular formula is C21H27N3O3. The van der Waals surface area contributed by atoms with E-state index in [1.54, 1.807) is 24.3 Å². The molecule has 6 nitrogen and oxygen atoms in total. The number of hydrogen-bond donors (Lipinski definition) is 2. The molecule has 2 amide bonds. The van der Waals surface area contributed by atoms with Crippen molar-refractivity contribution in [1.29, 1.82) is 0 Å². The SMILES string of the molecule is CCOc1ccc(C(=O)NCC(=O)N[C@@H](CN(C)C)c2ccccc2)cc1. The average Bonchev–Trinajstić information content (AvgIpc) is 2.67. The lowest BCUT2D eigenvalue weighted by Gasteiger charge is -2.23. The van der Waals surface area contributed by atoms with Gasteiger partial charge in [-0.05, 0) is 50.8 Å². The number of rotatable bonds is 9. The lowest BCUT2D eigenvalue weighted by molar-refractivity contribution is -0.121. The summed E-state index contributed by atoms with van der Waals surface area (Å²) in [4.78, 5) is 26.5. The van der Waals surface area contributed by atoms with Crippen molar-refractivity contribution in [2.45, 2.75) is 13.0 Å². The molecule has 2 aromatic rings. The van der Waals surface area contributed by atoms with Crippen LogP contribution in [0.25, 0.3) is 0 Å². The van der Waals surface area contributed by atoms with Gasteiger partial charge in [-0.1, -0.05) is 30.3 Å². The molecule has 2 aromatic carbocycles. The van der Waals surface area contributed by atoms with E-state index in [9.17, 15) is 9.59 Å². The highest BCUT2D eigenvalue weighted by Gasteiger charge is 2.16. The van der Waals surface area contributed by atoms with Crippen LogP contribution >= 0.6 is 0 Å². The molecule has 2 N–H and O–H groups in total. The highest BCUT2D eigenvalue weighted by atomic mass is 16.5. The number of carbonyl (C=O) groups excluding carboxylic acids is 2. The summed E-state index contributed by atoms with van der Waals surface area (Å²) in [6, 6.07) is 16.5. The Bertz CT molecular complexity index is 730. The van der Waals surface area contributed by atoms with E-state index in [-0.39, 0.29) is 24.4 Å². The van der Waals surface area contributed by atoms with Gasteiger partial charge >= 0.3 is 0 Å². The van der Waals surface area contributed by atoms with Crippen molar-refractivity contribution in [3.63, 3.8) is 0 Å². The predicted octanol–water partition coefficient (Wildman–Crippen LogP) is 2.23. The lowest BCUT2D eigenvalue weighted by Crippen LogP contribution is -2.41. The summed E-state index contributed by atoms with van der Waals surface area (Å²) in [5.41, 5.74) is 1.51. The monoisotopic (exact) mass is 369 g/mol. The first-order chi connectivity index (χ1) is 13.0. The molecule has 2 rings (SSSR count). The van der Waals surface area contributed by atoms with Gasteiger partial charge in [0.1, 0.15) is 5.75 Å². The number of hydrogen-bond acceptors (Lipinski definition) is 4. The Morgan fingerprint density at radius 1 is 1.04 bits per heavy atom. The van der Waals surface area contributed by atoms with Gasteiger partial charge < -0.3 is 20.3 Å². The van der Waals surface area contributed by atoms with Crippen LogP contribution in [0.5, 0.6) is 5.75 Å². The number of likely N-dealkylation sites (N-methyl/N-ethyl adjacent to an activating group) is 1. The predicted molar refractivity (Wildman–Crippen MR) is 106 cm³/mol. The summed E-state index contributed by atoms with van der Waals surface area (Å²) >= 11 is 0. The number of benzene rings is 2. The molecule has 0 heterocycles. The summed E-state index contributed by atoms with van der Waals surface area (Å²) in [6.45, 7) is 3.06. The smallest absolute Gasteiger partial charge is 0.251 e. The summed E-state index contributed by atoms with van der Waals surface area (Å²) in [6.07, 6.45) is 0. The van der Waals surface area contributed by atoms with Crippen LogP contribution in [-0.4, -0.2) is 50.5 Å². The minimum Gasteiger partial charge on any atom is -0.494 e. The van der Waals surface area contributed by atoms with Crippen LogP contribution < -0.4 is 15.4 Å². The maximum absolute atomic E-state index is 12.3. The second-order valence-corrected chi connectivity index (χ2v) is 6.43. The number of amides is 2. The maximum Gasteiger partial charge on any atom is 0.251 e. The zero-order valence-corrected chi connectivity index (χ0v) is 16.1. The van der Waals surface area contributed by atoms with Gasteiger partial charge in [0.15, 0.2) is 0 Å². The first-order valence-corrected chi connectivity index (χ1v) is 8.99. The highest BCUT2D eigenvalue weighted by molar-refractivity contribution is 5.96. The van der Waals surface area contributed by atoms with Crippen molar-refractivity contribution in [2.75, 3.05) is 33.8 Å². The van der Waals surface area contributed by atoms with Crippen LogP contribution in [0.15, 0.2) is 54.6 Å². The molecule has 0 aliphatic carbocycles. The number of nitrogens with zero attached hydrogens (tertiary/aromatic N) is 1. The Morgan fingerprint density at radius 3 is 2.30 bits per heavy atom. The molecule has 0 saturated carbocycles. The third kappa shape index (κ3) is 6.75. The number of ether oxygens (including phenoxy) is 1. The Kier molecular flexibility index (Phi) is 7.82. The van der Waals surface area contributed by atoms with E-state index in [1.165, 1.54) is 0 Å². The average molecular weight is 369 g/mol. The minimum atomic E-state index is -0.294. The van der Waals surface area contributed by atoms with Crippen molar-refractivity contribution in [3.8, 4) is 5.75 Å². The van der Waals surface area contributed by atoms with Crippen LogP contribution in [0.3, 0.4) is 0 Å². The van der Waals surface area contributed by atoms with Gasteiger partial charge in [0, 0.05) is 12.1 Å². The summed E-state index contributed by atoms with van der Waals surface area (Å²) < 4.78 is 5.36. The van der Waals surface area contributed by atoms with E-state index in [4.69, 9.17) is 4.74 Å². The van der Waals surface area contributed by atoms with Crippen molar-refractivity contribution in [1.82, 2.24) is 15.5 Å². The van der Waals surface area contributed by atoms with Gasteiger partial charge in [-0.25, -0.2) is 0 Å². The third-order valence-electron chi connectivity index (χ3n) is 3.92. The van der Waals surface area contributed by atoms with Crippen molar-refractivity contribution < 1.29 is 14.3 Å². The van der Waals surface area contributed by atoms with E-state index < -0.39 is 0 Å². The molecule has 0 aliphatic rings. The largest absolute Gasteiger partial charge is 0.494 e. The lowest BCUT2D eigenvalue weighted by atomic mass is 10.1. The maximum atomic E-state index is 12.3. The van der Waals surface area contributed by atoms with Crippen LogP contribution in [0, 0.1) is 0 Å². The van der Waals surface area contributed by atoms with Crippen LogP contribution in [0.1, 0.15) is 28.9 Å². The minimum absolute atomic E-state index is 0.0805. The topological polar surface area (TPSA) is 70.7 Å². The van der Waals surface area contributed by atoms with E-state index in [1.807, 2.05) is 56.3 Å². The molecule has 6 heteroatoms. The summed E-state index contributed by atoms with van der Waals surface area (Å²) in [7, 11) is 3.91. The molecule has 1 atom stereocenters. The fraction of sp³-hybridized carbons (Fsp3) is 0.333. The zero-order valence-electron chi connectivity index (χ0n) is 16.1. The molecule has 0 aromatic heterocycles. The molecule has 0 fully saturated rings. The van der Waals surface area contributed by atoms with E-state index in [0.717, 1.165) is 5.56 Å². The second-order valence-electron chi connectivity index (χ2n) is 6.43. The third-order valence-corrected chi connectivity index (χ3v) is 3.92. The second kappa shape index (κ2) is 10.3. The Balaban J connectivity index is 1.90. The normalized spacial score (nSPS) is 11.7. The van der Waals surface area contributed by atoms with Crippen LogP contribution in [-0.2, 0) is 4.79 Å². The molecule has 0 radical (unpaired) electrons. The zero-order chi connectivity index (χ0) is 19.6. The van der Waals surface area contributed by atoms with Gasteiger partial charge in [0.05, 0.1) is 19.2 Å². The van der Waals surface area contributed by atoms with E-state index in [2.05, 4.69) is 10.6 Å². The van der Waals surface area contributed by atoms with Gasteiger partial charge in [0.25, 0.3) is 5.91 Å². The summed E-state index contributed by atoms with van der Waals surface area (Å²) in [5.74, 6) is 0.184. The van der Waals surface area contributed by atoms with E-state index in [0.29, 0.717) is 24.5 Å². The van der Waals surface area contributed by atoms with E-state index >= 15 is 0 Å². The molecule has 0 unspecified atom stereocenters. The van der Waals surface area contributed by atoms with Crippen LogP contribution in [0.4, 0.5) is 0 Å². The molecular weight excluding hydrogens is 342 g/mol. The van der Waals surface area contributed by atoms with Crippen molar-refractivity contribution in [3.05, 3.63) is 65.7 Å². The molecule has 0 saturated heterocycles. The van der Waals surface area contributed by atoms with Gasteiger partial charge in [-0.2, -0.15) is 0 Å². The summed E-state index contributed by atoms with van der Waals surface area (Å²) in [5, 5.41) is 5.64. The van der Waals surface area contributed by atoms with Gasteiger partial charge in [-0.3, -0.25) is 9.59 Å². The van der Waals surface area contributed by atoms with Crippen molar-refractivity contribution in [2.24, 2.45) is 0 Å². The molecule has 0 spiro atoms. The molecule has 144 valence electrons. The Hall–Kier alpha value is -2.86. The van der Waals surface area contributed by atoms with Crippen molar-refractivity contribution >= 4 is 11.8 Å². The highest BCUT2D eigenvalue weighted by Crippen LogP contribution is 2.13. The Labute approximate surface area is 160 Å². The molecule has 0 bridgehead atoms. The van der Waals surface area contributed by atoms with Gasteiger partial charge in [-0.15, -0.1) is 0 Å². The number of carbonyl (C=O) groups is 2. The first kappa shape index (κ1) is 20.5. The fourth-order valence-corrected chi connectivity index (χ4v) is 2.66. The molecule has 0 aliphatic heterocycles.